The molecule has 1 aliphatic rings. The van der Waals surface area contributed by atoms with Crippen molar-refractivity contribution in [3.05, 3.63) is 89.7 Å². The summed E-state index contributed by atoms with van der Waals surface area (Å²) >= 11 is 0. The van der Waals surface area contributed by atoms with Gasteiger partial charge < -0.3 is 20.6 Å². The molecule has 4 rings (SSSR count). The number of benzene rings is 3. The van der Waals surface area contributed by atoms with E-state index in [0.29, 0.717) is 16.9 Å². The molecule has 35 heavy (non-hydrogen) atoms. The summed E-state index contributed by atoms with van der Waals surface area (Å²) in [4.78, 5) is 40.2. The maximum absolute atomic E-state index is 13.2. The van der Waals surface area contributed by atoms with E-state index in [4.69, 9.17) is 0 Å². The summed E-state index contributed by atoms with van der Waals surface area (Å²) in [7, 11) is 0. The summed E-state index contributed by atoms with van der Waals surface area (Å²) in [6.07, 6.45) is 0. The summed E-state index contributed by atoms with van der Waals surface area (Å²) in [5.41, 5.74) is 2.56. The van der Waals surface area contributed by atoms with E-state index in [0.717, 1.165) is 48.9 Å². The molecular formula is C26H25FN4O4. The molecule has 0 aliphatic carbocycles. The van der Waals surface area contributed by atoms with Crippen molar-refractivity contribution in [3.8, 4) is 0 Å². The summed E-state index contributed by atoms with van der Waals surface area (Å²) in [6, 6.07) is 18.6. The molecule has 0 atom stereocenters. The molecule has 180 valence electrons. The highest BCUT2D eigenvalue weighted by Crippen LogP contribution is 2.22. The van der Waals surface area contributed by atoms with Crippen LogP contribution >= 0.6 is 0 Å². The molecule has 1 aliphatic heterocycles. The van der Waals surface area contributed by atoms with Gasteiger partial charge in [0.05, 0.1) is 0 Å². The number of nitrogens with one attached hydrogen (secondary N) is 2. The van der Waals surface area contributed by atoms with Gasteiger partial charge >= 0.3 is 5.97 Å². The lowest BCUT2D eigenvalue weighted by Crippen LogP contribution is -2.43. The third-order valence-electron chi connectivity index (χ3n) is 5.68. The summed E-state index contributed by atoms with van der Waals surface area (Å²) in [5.74, 6) is -2.55. The molecule has 8 nitrogen and oxygen atoms in total. The Morgan fingerprint density at radius 3 is 2.09 bits per heavy atom. The van der Waals surface area contributed by atoms with Crippen LogP contribution in [0.1, 0.15) is 20.7 Å². The molecule has 0 radical (unpaired) electrons. The number of piperazine rings is 1. The van der Waals surface area contributed by atoms with Gasteiger partial charge in [0.2, 0.25) is 0 Å². The van der Waals surface area contributed by atoms with Crippen LogP contribution in [0.15, 0.2) is 72.8 Å². The van der Waals surface area contributed by atoms with Crippen molar-refractivity contribution in [1.82, 2.24) is 5.32 Å². The fourth-order valence-electron chi connectivity index (χ4n) is 3.84. The van der Waals surface area contributed by atoms with Gasteiger partial charge in [0.25, 0.3) is 11.8 Å². The molecule has 3 aromatic carbocycles. The lowest BCUT2D eigenvalue weighted by Gasteiger charge is -2.29. The van der Waals surface area contributed by atoms with E-state index < -0.39 is 24.2 Å². The van der Waals surface area contributed by atoms with E-state index in [1.807, 2.05) is 12.1 Å². The van der Waals surface area contributed by atoms with Gasteiger partial charge in [-0.15, -0.1) is 0 Å². The standard InChI is InChI=1S/C26H25FN4O4/c27-20-5-1-19(2-6-20)26(35)31(17-24(32)33)23-11-7-21(8-12-23)29-25(34)18-3-9-22(10-4-18)30-15-13-28-14-16-30/h1-12,28H,13-17H2,(H,29,34)(H,32,33). The SMILES string of the molecule is O=C(O)CN(C(=O)c1ccc(F)cc1)c1ccc(NC(=O)c2ccc(N3CCNCC3)cc2)cc1. The maximum atomic E-state index is 13.2. The number of carboxylic acid groups (broad SMARTS) is 1. The van der Waals surface area contributed by atoms with Gasteiger partial charge in [-0.25, -0.2) is 4.39 Å². The Bertz CT molecular complexity index is 1190. The number of carbonyl (C=O) groups excluding carboxylic acids is 2. The highest BCUT2D eigenvalue weighted by molar-refractivity contribution is 6.08. The van der Waals surface area contributed by atoms with Crippen molar-refractivity contribution in [2.45, 2.75) is 0 Å². The molecule has 2 amide bonds. The minimum Gasteiger partial charge on any atom is -0.480 e. The Labute approximate surface area is 202 Å². The van der Waals surface area contributed by atoms with Gasteiger partial charge in [-0.3, -0.25) is 19.3 Å². The van der Waals surface area contributed by atoms with Crippen molar-refractivity contribution < 1.29 is 23.9 Å². The second-order valence-electron chi connectivity index (χ2n) is 8.08. The zero-order chi connectivity index (χ0) is 24.8. The summed E-state index contributed by atoms with van der Waals surface area (Å²) < 4.78 is 13.2. The largest absolute Gasteiger partial charge is 0.480 e. The molecule has 0 spiro atoms. The monoisotopic (exact) mass is 476 g/mol. The lowest BCUT2D eigenvalue weighted by molar-refractivity contribution is -0.135. The number of halogens is 1. The highest BCUT2D eigenvalue weighted by Gasteiger charge is 2.21. The lowest BCUT2D eigenvalue weighted by atomic mass is 10.1. The number of aliphatic carboxylic acids is 1. The van der Waals surface area contributed by atoms with Gasteiger partial charge in [0.1, 0.15) is 12.4 Å². The Kier molecular flexibility index (Phi) is 7.37. The summed E-state index contributed by atoms with van der Waals surface area (Å²) in [6.45, 7) is 3.12. The third kappa shape index (κ3) is 6.01. The molecule has 0 bridgehead atoms. The van der Waals surface area contributed by atoms with E-state index in [-0.39, 0.29) is 11.5 Å². The molecule has 3 N–H and O–H groups in total. The quantitative estimate of drug-likeness (QED) is 0.484. The van der Waals surface area contributed by atoms with Crippen LogP contribution in [0.3, 0.4) is 0 Å². The number of hydrogen-bond donors (Lipinski definition) is 3. The molecule has 9 heteroatoms. The van der Waals surface area contributed by atoms with Crippen LogP contribution in [0.2, 0.25) is 0 Å². The smallest absolute Gasteiger partial charge is 0.323 e. The Hall–Kier alpha value is -4.24. The first-order chi connectivity index (χ1) is 16.9. The van der Waals surface area contributed by atoms with Gasteiger partial charge in [-0.2, -0.15) is 0 Å². The van der Waals surface area contributed by atoms with Crippen molar-refractivity contribution in [1.29, 1.82) is 0 Å². The molecule has 1 saturated heterocycles. The second kappa shape index (κ2) is 10.8. The van der Waals surface area contributed by atoms with E-state index >= 15 is 0 Å². The number of nitrogens with zero attached hydrogens (tertiary/aromatic N) is 2. The van der Waals surface area contributed by atoms with Crippen molar-refractivity contribution in [2.24, 2.45) is 0 Å². The van der Waals surface area contributed by atoms with Gasteiger partial charge in [0, 0.05) is 54.4 Å². The zero-order valence-electron chi connectivity index (χ0n) is 18.9. The highest BCUT2D eigenvalue weighted by atomic mass is 19.1. The normalized spacial score (nSPS) is 13.2. The number of carbonyl (C=O) groups is 3. The van der Waals surface area contributed by atoms with Crippen LogP contribution in [0.5, 0.6) is 0 Å². The number of rotatable bonds is 7. The average Bonchev–Trinajstić information content (AvgIpc) is 2.88. The maximum Gasteiger partial charge on any atom is 0.323 e. The number of hydrogen-bond acceptors (Lipinski definition) is 5. The minimum absolute atomic E-state index is 0.161. The minimum atomic E-state index is -1.19. The van der Waals surface area contributed by atoms with E-state index in [2.05, 4.69) is 15.5 Å². The molecule has 0 saturated carbocycles. The fourth-order valence-corrected chi connectivity index (χ4v) is 3.84. The van der Waals surface area contributed by atoms with Crippen LogP contribution in [0.4, 0.5) is 21.5 Å². The van der Waals surface area contributed by atoms with E-state index in [9.17, 15) is 23.9 Å². The molecule has 1 heterocycles. The molecule has 0 aromatic heterocycles. The van der Waals surface area contributed by atoms with Crippen LogP contribution < -0.4 is 20.4 Å². The van der Waals surface area contributed by atoms with E-state index in [1.165, 1.54) is 12.1 Å². The topological polar surface area (TPSA) is 102 Å². The van der Waals surface area contributed by atoms with Gasteiger partial charge in [-0.05, 0) is 72.8 Å². The second-order valence-corrected chi connectivity index (χ2v) is 8.08. The first kappa shape index (κ1) is 23.9. The number of carboxylic acids is 1. The van der Waals surface area contributed by atoms with Crippen molar-refractivity contribution in [2.75, 3.05) is 47.8 Å². The van der Waals surface area contributed by atoms with Crippen molar-refractivity contribution in [3.63, 3.8) is 0 Å². The van der Waals surface area contributed by atoms with Crippen LogP contribution in [0, 0.1) is 5.82 Å². The van der Waals surface area contributed by atoms with Crippen molar-refractivity contribution >= 4 is 34.8 Å². The van der Waals surface area contributed by atoms with Gasteiger partial charge in [-0.1, -0.05) is 0 Å². The van der Waals surface area contributed by atoms with Gasteiger partial charge in [0.15, 0.2) is 0 Å². The van der Waals surface area contributed by atoms with Crippen LogP contribution in [-0.4, -0.2) is 55.6 Å². The first-order valence-electron chi connectivity index (χ1n) is 11.2. The summed E-state index contributed by atoms with van der Waals surface area (Å²) in [5, 5.41) is 15.4. The predicted molar refractivity (Wildman–Crippen MR) is 132 cm³/mol. The first-order valence-corrected chi connectivity index (χ1v) is 11.2. The van der Waals surface area contributed by atoms with Crippen LogP contribution in [0.25, 0.3) is 0 Å². The molecule has 0 unspecified atom stereocenters. The zero-order valence-corrected chi connectivity index (χ0v) is 18.9. The fraction of sp³-hybridized carbons (Fsp3) is 0.192. The molecule has 1 fully saturated rings. The van der Waals surface area contributed by atoms with E-state index in [1.54, 1.807) is 36.4 Å². The average molecular weight is 477 g/mol. The van der Waals surface area contributed by atoms with Crippen LogP contribution in [-0.2, 0) is 4.79 Å². The Morgan fingerprint density at radius 2 is 1.49 bits per heavy atom. The third-order valence-corrected chi connectivity index (χ3v) is 5.68. The Morgan fingerprint density at radius 1 is 0.886 bits per heavy atom. The molecule has 3 aromatic rings. The Balaban J connectivity index is 1.44. The predicted octanol–water partition coefficient (Wildman–Crippen LogP) is 3.22. The number of amides is 2. The number of anilines is 3. The molecular weight excluding hydrogens is 451 g/mol.